The molecule has 2 rings (SSSR count). The quantitative estimate of drug-likeness (QED) is 0.373. The van der Waals surface area contributed by atoms with E-state index in [1.54, 1.807) is 6.07 Å². The van der Waals surface area contributed by atoms with Crippen LogP contribution in [0.1, 0.15) is 18.4 Å². The molecule has 17 heavy (non-hydrogen) atoms. The molecule has 0 aromatic heterocycles. The summed E-state index contributed by atoms with van der Waals surface area (Å²) in [6.07, 6.45) is 2.32. The molecule has 1 heterocycles. The molecule has 0 spiro atoms. The maximum atomic E-state index is 7.38. The van der Waals surface area contributed by atoms with Gasteiger partial charge in [0.25, 0.3) is 0 Å². The molecule has 0 bridgehead atoms. The highest BCUT2D eigenvalue weighted by atomic mass is 32.1. The minimum atomic E-state index is 0.0309. The number of amidine groups is 1. The van der Waals surface area contributed by atoms with Gasteiger partial charge in [-0.3, -0.25) is 5.41 Å². The largest absolute Gasteiger partial charge is 0.490 e. The number of thiol groups is 1. The summed E-state index contributed by atoms with van der Waals surface area (Å²) in [4.78, 5) is 0.684. The van der Waals surface area contributed by atoms with Crippen molar-refractivity contribution in [1.82, 2.24) is 5.32 Å². The van der Waals surface area contributed by atoms with Gasteiger partial charge in [-0.1, -0.05) is 0 Å². The third kappa shape index (κ3) is 3.14. The third-order valence-corrected chi connectivity index (χ3v) is 3.22. The molecule has 4 N–H and O–H groups in total. The molecule has 1 fully saturated rings. The van der Waals surface area contributed by atoms with Crippen LogP contribution in [0.15, 0.2) is 23.1 Å². The van der Waals surface area contributed by atoms with Gasteiger partial charge in [-0.05, 0) is 44.1 Å². The van der Waals surface area contributed by atoms with E-state index in [2.05, 4.69) is 17.9 Å². The van der Waals surface area contributed by atoms with E-state index in [9.17, 15) is 0 Å². The Morgan fingerprint density at radius 2 is 2.12 bits per heavy atom. The SMILES string of the molecule is N=C(N)c1ccc(OC2CCNCC2)cc1S. The molecule has 1 aliphatic heterocycles. The second kappa shape index (κ2) is 5.42. The number of nitrogens with one attached hydrogen (secondary N) is 2. The first-order valence-corrected chi connectivity index (χ1v) is 6.16. The van der Waals surface area contributed by atoms with E-state index in [0.717, 1.165) is 31.7 Å². The molecule has 1 aromatic carbocycles. The van der Waals surface area contributed by atoms with Gasteiger partial charge in [0, 0.05) is 10.5 Å². The van der Waals surface area contributed by atoms with Crippen molar-refractivity contribution in [3.05, 3.63) is 23.8 Å². The number of rotatable bonds is 3. The van der Waals surface area contributed by atoms with E-state index >= 15 is 0 Å². The van der Waals surface area contributed by atoms with Gasteiger partial charge < -0.3 is 15.8 Å². The topological polar surface area (TPSA) is 71.1 Å². The number of hydrogen-bond donors (Lipinski definition) is 4. The van der Waals surface area contributed by atoms with Crippen LogP contribution in [0, 0.1) is 5.41 Å². The van der Waals surface area contributed by atoms with E-state index in [0.29, 0.717) is 10.5 Å². The van der Waals surface area contributed by atoms with Gasteiger partial charge in [0.05, 0.1) is 0 Å². The number of nitrogens with two attached hydrogens (primary N) is 1. The molecule has 0 atom stereocenters. The highest BCUT2D eigenvalue weighted by molar-refractivity contribution is 7.80. The predicted octanol–water partition coefficient (Wildman–Crippen LogP) is 1.39. The molecule has 5 heteroatoms. The number of nitrogen functional groups attached to an aromatic ring is 1. The maximum Gasteiger partial charge on any atom is 0.123 e. The molecule has 1 aromatic rings. The van der Waals surface area contributed by atoms with Crippen LogP contribution < -0.4 is 15.8 Å². The Morgan fingerprint density at radius 3 is 2.71 bits per heavy atom. The second-order valence-electron chi connectivity index (χ2n) is 4.16. The average Bonchev–Trinajstić information content (AvgIpc) is 2.30. The Bertz CT molecular complexity index is 416. The van der Waals surface area contributed by atoms with E-state index < -0.39 is 0 Å². The molecule has 1 aliphatic rings. The van der Waals surface area contributed by atoms with E-state index in [-0.39, 0.29) is 11.9 Å². The lowest BCUT2D eigenvalue weighted by atomic mass is 10.1. The minimum Gasteiger partial charge on any atom is -0.490 e. The predicted molar refractivity (Wildman–Crippen MR) is 71.2 cm³/mol. The van der Waals surface area contributed by atoms with Crippen LogP contribution in [0.2, 0.25) is 0 Å². The number of ether oxygens (including phenoxy) is 1. The second-order valence-corrected chi connectivity index (χ2v) is 4.64. The van der Waals surface area contributed by atoms with Crippen molar-refractivity contribution < 1.29 is 4.74 Å². The lowest BCUT2D eigenvalue weighted by Gasteiger charge is -2.24. The van der Waals surface area contributed by atoms with Crippen molar-refractivity contribution in [3.63, 3.8) is 0 Å². The number of piperidine rings is 1. The van der Waals surface area contributed by atoms with Gasteiger partial charge in [-0.25, -0.2) is 0 Å². The van der Waals surface area contributed by atoms with Gasteiger partial charge >= 0.3 is 0 Å². The molecule has 92 valence electrons. The number of benzene rings is 1. The monoisotopic (exact) mass is 251 g/mol. The summed E-state index contributed by atoms with van der Waals surface area (Å²) in [5.74, 6) is 0.829. The van der Waals surface area contributed by atoms with Crippen LogP contribution in [0.3, 0.4) is 0 Å². The van der Waals surface area contributed by atoms with Crippen LogP contribution in [0.25, 0.3) is 0 Å². The van der Waals surface area contributed by atoms with Gasteiger partial charge in [0.15, 0.2) is 0 Å². The van der Waals surface area contributed by atoms with Gasteiger partial charge in [-0.2, -0.15) is 0 Å². The van der Waals surface area contributed by atoms with Gasteiger partial charge in [0.2, 0.25) is 0 Å². The number of hydrogen-bond acceptors (Lipinski definition) is 4. The highest BCUT2D eigenvalue weighted by Crippen LogP contribution is 2.23. The van der Waals surface area contributed by atoms with Crippen molar-refractivity contribution in [2.45, 2.75) is 23.8 Å². The Balaban J connectivity index is 2.06. The molecule has 4 nitrogen and oxygen atoms in total. The first-order valence-electron chi connectivity index (χ1n) is 5.71. The van der Waals surface area contributed by atoms with Crippen molar-refractivity contribution in [3.8, 4) is 5.75 Å². The normalized spacial score (nSPS) is 16.8. The van der Waals surface area contributed by atoms with Crippen LogP contribution in [0.4, 0.5) is 0 Å². The Kier molecular flexibility index (Phi) is 3.91. The van der Waals surface area contributed by atoms with E-state index in [1.807, 2.05) is 12.1 Å². The van der Waals surface area contributed by atoms with Crippen molar-refractivity contribution in [2.75, 3.05) is 13.1 Å². The fraction of sp³-hybridized carbons (Fsp3) is 0.417. The molecule has 0 saturated carbocycles. The van der Waals surface area contributed by atoms with Gasteiger partial charge in [-0.15, -0.1) is 12.6 Å². The summed E-state index contributed by atoms with van der Waals surface area (Å²) < 4.78 is 5.87. The molecule has 0 amide bonds. The summed E-state index contributed by atoms with van der Waals surface area (Å²) in [5.41, 5.74) is 6.08. The molecule has 0 aliphatic carbocycles. The zero-order valence-electron chi connectivity index (χ0n) is 9.57. The lowest BCUT2D eigenvalue weighted by Crippen LogP contribution is -2.34. The molecule has 0 unspecified atom stereocenters. The summed E-state index contributed by atoms with van der Waals surface area (Å²) in [7, 11) is 0. The highest BCUT2D eigenvalue weighted by Gasteiger charge is 2.14. The fourth-order valence-corrected chi connectivity index (χ4v) is 2.24. The van der Waals surface area contributed by atoms with Gasteiger partial charge in [0.1, 0.15) is 17.7 Å². The van der Waals surface area contributed by atoms with Crippen molar-refractivity contribution in [2.24, 2.45) is 5.73 Å². The Hall–Kier alpha value is -1.20. The molecular formula is C12H17N3OS. The lowest BCUT2D eigenvalue weighted by molar-refractivity contribution is 0.162. The minimum absolute atomic E-state index is 0.0309. The average molecular weight is 251 g/mol. The van der Waals surface area contributed by atoms with Crippen LogP contribution in [-0.2, 0) is 0 Å². The van der Waals surface area contributed by atoms with Crippen molar-refractivity contribution >= 4 is 18.5 Å². The summed E-state index contributed by atoms with van der Waals surface area (Å²) in [6.45, 7) is 2.01. The maximum absolute atomic E-state index is 7.38. The zero-order chi connectivity index (χ0) is 12.3. The van der Waals surface area contributed by atoms with E-state index in [1.165, 1.54) is 0 Å². The standard InChI is InChI=1S/C12H17N3OS/c13-12(14)10-2-1-9(7-11(10)17)16-8-3-5-15-6-4-8/h1-2,7-8,15,17H,3-6H2,(H3,13,14). The summed E-state index contributed by atoms with van der Waals surface area (Å²) in [5, 5.41) is 10.7. The molecular weight excluding hydrogens is 234 g/mol. The third-order valence-electron chi connectivity index (χ3n) is 2.85. The first kappa shape index (κ1) is 12.3. The van der Waals surface area contributed by atoms with E-state index in [4.69, 9.17) is 15.9 Å². The first-order chi connectivity index (χ1) is 8.16. The zero-order valence-corrected chi connectivity index (χ0v) is 10.5. The molecule has 0 radical (unpaired) electrons. The van der Waals surface area contributed by atoms with Crippen LogP contribution in [-0.4, -0.2) is 25.0 Å². The fourth-order valence-electron chi connectivity index (χ4n) is 1.92. The molecule has 1 saturated heterocycles. The van der Waals surface area contributed by atoms with Crippen LogP contribution >= 0.6 is 12.6 Å². The van der Waals surface area contributed by atoms with Crippen LogP contribution in [0.5, 0.6) is 5.75 Å². The summed E-state index contributed by atoms with van der Waals surface area (Å²) in [6, 6.07) is 5.45. The van der Waals surface area contributed by atoms with Crippen molar-refractivity contribution in [1.29, 1.82) is 5.41 Å². The Labute approximate surface area is 106 Å². The summed E-state index contributed by atoms with van der Waals surface area (Å²) >= 11 is 4.31. The Morgan fingerprint density at radius 1 is 1.41 bits per heavy atom. The smallest absolute Gasteiger partial charge is 0.123 e.